The molecular weight excluding hydrogens is 439 g/mol. The summed E-state index contributed by atoms with van der Waals surface area (Å²) in [6.45, 7) is 1.59. The van der Waals surface area contributed by atoms with E-state index in [0.717, 1.165) is 28.0 Å². The summed E-state index contributed by atoms with van der Waals surface area (Å²) in [6, 6.07) is 10.3. The minimum Gasteiger partial charge on any atom is -0.469 e. The summed E-state index contributed by atoms with van der Waals surface area (Å²) in [6.07, 6.45) is -4.30. The first kappa shape index (κ1) is 22.5. The fourth-order valence-corrected chi connectivity index (χ4v) is 3.84. The Balaban J connectivity index is 1.66. The van der Waals surface area contributed by atoms with Crippen LogP contribution in [0.1, 0.15) is 30.9 Å². The van der Waals surface area contributed by atoms with Crippen molar-refractivity contribution in [2.24, 2.45) is 0 Å². The van der Waals surface area contributed by atoms with Crippen molar-refractivity contribution in [2.45, 2.75) is 32.0 Å². The second-order valence-electron chi connectivity index (χ2n) is 7.72. The topological polar surface area (TPSA) is 78.7 Å². The van der Waals surface area contributed by atoms with Crippen LogP contribution < -0.4 is 10.1 Å². The van der Waals surface area contributed by atoms with Gasteiger partial charge in [0.1, 0.15) is 5.75 Å². The summed E-state index contributed by atoms with van der Waals surface area (Å²) >= 11 is 0. The zero-order chi connectivity index (χ0) is 23.8. The van der Waals surface area contributed by atoms with Gasteiger partial charge in [-0.1, -0.05) is 31.5 Å². The fourth-order valence-electron chi connectivity index (χ4n) is 3.84. The molecule has 1 atom stereocenters. The molecule has 1 unspecified atom stereocenters. The van der Waals surface area contributed by atoms with Gasteiger partial charge in [0.2, 0.25) is 0 Å². The Morgan fingerprint density at radius 3 is 2.64 bits per heavy atom. The number of urea groups is 1. The lowest BCUT2D eigenvalue weighted by molar-refractivity contribution is -0.428. The molecule has 0 fully saturated rings. The van der Waals surface area contributed by atoms with E-state index in [-0.39, 0.29) is 17.9 Å². The van der Waals surface area contributed by atoms with Crippen molar-refractivity contribution in [2.75, 3.05) is 18.4 Å². The summed E-state index contributed by atoms with van der Waals surface area (Å²) in [5.74, 6) is -0.795. The van der Waals surface area contributed by atoms with E-state index in [1.165, 1.54) is 12.1 Å². The van der Waals surface area contributed by atoms with E-state index in [1.807, 2.05) is 6.92 Å². The summed E-state index contributed by atoms with van der Waals surface area (Å²) in [5.41, 5.74) is -0.181. The Labute approximate surface area is 187 Å². The van der Waals surface area contributed by atoms with Crippen LogP contribution in [0.5, 0.6) is 5.75 Å². The number of hydrogen-bond acceptors (Lipinski definition) is 4. The van der Waals surface area contributed by atoms with E-state index in [2.05, 4.69) is 5.32 Å². The summed E-state index contributed by atoms with van der Waals surface area (Å²) < 4.78 is 45.9. The maximum Gasteiger partial charge on any atom is 0.501 e. The Morgan fingerprint density at radius 1 is 1.15 bits per heavy atom. The van der Waals surface area contributed by atoms with Crippen LogP contribution in [0.3, 0.4) is 0 Å². The molecule has 2 aliphatic heterocycles. The van der Waals surface area contributed by atoms with Crippen molar-refractivity contribution in [1.82, 2.24) is 4.90 Å². The summed E-state index contributed by atoms with van der Waals surface area (Å²) in [4.78, 5) is 40.0. The van der Waals surface area contributed by atoms with E-state index in [4.69, 9.17) is 4.74 Å². The predicted octanol–water partition coefficient (Wildman–Crippen LogP) is 3.67. The van der Waals surface area contributed by atoms with Gasteiger partial charge < -0.3 is 10.1 Å². The molecule has 2 aromatic carbocycles. The molecule has 172 valence electrons. The van der Waals surface area contributed by atoms with Gasteiger partial charge in [-0.3, -0.25) is 4.79 Å². The number of anilines is 1. The SMILES string of the molecule is CCCCN1C(=O)C2Oc3ccccc3C2=[N+](CC(=O)Nc2cccc(C(F)(F)F)c2)C1=O. The second-order valence-corrected chi connectivity index (χ2v) is 7.72. The highest BCUT2D eigenvalue weighted by atomic mass is 19.4. The Bertz CT molecular complexity index is 1160. The molecule has 10 heteroatoms. The summed E-state index contributed by atoms with van der Waals surface area (Å²) in [5, 5.41) is 2.40. The van der Waals surface area contributed by atoms with Crippen LogP contribution in [-0.4, -0.2) is 52.2 Å². The lowest BCUT2D eigenvalue weighted by Gasteiger charge is -2.24. The number of amides is 4. The molecule has 4 rings (SSSR count). The Morgan fingerprint density at radius 2 is 1.91 bits per heavy atom. The number of hydrogen-bond donors (Lipinski definition) is 1. The first-order valence-electron chi connectivity index (χ1n) is 10.4. The van der Waals surface area contributed by atoms with Gasteiger partial charge in [0.15, 0.2) is 12.3 Å². The molecule has 0 bridgehead atoms. The van der Waals surface area contributed by atoms with Gasteiger partial charge in [0, 0.05) is 5.69 Å². The zero-order valence-electron chi connectivity index (χ0n) is 17.7. The molecule has 0 spiro atoms. The first-order chi connectivity index (χ1) is 15.7. The first-order valence-corrected chi connectivity index (χ1v) is 10.4. The molecule has 2 aliphatic rings. The number of halogens is 3. The summed E-state index contributed by atoms with van der Waals surface area (Å²) in [7, 11) is 0. The molecule has 7 nitrogen and oxygen atoms in total. The minimum atomic E-state index is -4.56. The van der Waals surface area contributed by atoms with Gasteiger partial charge in [-0.25, -0.2) is 4.79 Å². The molecule has 0 radical (unpaired) electrons. The number of alkyl halides is 3. The van der Waals surface area contributed by atoms with Gasteiger partial charge >= 0.3 is 18.1 Å². The smallest absolute Gasteiger partial charge is 0.469 e. The van der Waals surface area contributed by atoms with Crippen LogP contribution in [0.4, 0.5) is 23.7 Å². The largest absolute Gasteiger partial charge is 0.501 e. The number of nitrogens with one attached hydrogen (secondary N) is 1. The maximum atomic E-state index is 13.2. The highest BCUT2D eigenvalue weighted by Gasteiger charge is 2.53. The third-order valence-electron chi connectivity index (χ3n) is 5.41. The third-order valence-corrected chi connectivity index (χ3v) is 5.41. The van der Waals surface area contributed by atoms with E-state index in [0.29, 0.717) is 17.7 Å². The van der Waals surface area contributed by atoms with Crippen molar-refractivity contribution in [3.05, 3.63) is 59.7 Å². The molecule has 1 N–H and O–H groups in total. The van der Waals surface area contributed by atoms with Gasteiger partial charge in [0.25, 0.3) is 12.0 Å². The quantitative estimate of drug-likeness (QED) is 0.668. The van der Waals surface area contributed by atoms with Gasteiger partial charge in [-0.05, 0) is 36.8 Å². The van der Waals surface area contributed by atoms with Gasteiger partial charge in [-0.15, -0.1) is 0 Å². The van der Waals surface area contributed by atoms with Crippen LogP contribution in [0.25, 0.3) is 0 Å². The average Bonchev–Trinajstić information content (AvgIpc) is 3.16. The number of nitrogens with zero attached hydrogens (tertiary/aromatic N) is 2. The Hall–Kier alpha value is -3.69. The van der Waals surface area contributed by atoms with Crippen molar-refractivity contribution in [1.29, 1.82) is 0 Å². The number of para-hydroxylation sites is 1. The molecule has 0 saturated heterocycles. The lowest BCUT2D eigenvalue weighted by Crippen LogP contribution is -2.58. The number of carbonyl (C=O) groups excluding carboxylic acids is 3. The predicted molar refractivity (Wildman–Crippen MR) is 112 cm³/mol. The number of rotatable bonds is 6. The number of ether oxygens (including phenoxy) is 1. The third kappa shape index (κ3) is 4.33. The monoisotopic (exact) mass is 460 g/mol. The van der Waals surface area contributed by atoms with Crippen LogP contribution in [0.15, 0.2) is 48.5 Å². The standard InChI is InChI=1S/C23H20F3N3O4/c1-2-3-11-28-21(31)20-19(16-9-4-5-10-17(16)33-20)29(22(28)32)13-18(30)27-15-8-6-7-14(12-15)23(24,25)26/h4-10,12,20H,2-3,11,13H2,1H3/p+1. The molecular formula is C23H21F3N3O4+. The van der Waals surface area contributed by atoms with Crippen LogP contribution in [-0.2, 0) is 15.8 Å². The number of imide groups is 1. The highest BCUT2D eigenvalue weighted by Crippen LogP contribution is 2.33. The Kier molecular flexibility index (Phi) is 5.92. The molecule has 2 heterocycles. The van der Waals surface area contributed by atoms with E-state index >= 15 is 0 Å². The number of unbranched alkanes of at least 4 members (excludes halogenated alkanes) is 1. The molecule has 2 aromatic rings. The normalized spacial score (nSPS) is 17.6. The van der Waals surface area contributed by atoms with Gasteiger partial charge in [0.05, 0.1) is 17.7 Å². The molecule has 33 heavy (non-hydrogen) atoms. The number of benzene rings is 2. The maximum absolute atomic E-state index is 13.2. The number of carbonyl (C=O) groups is 3. The molecule has 4 amide bonds. The van der Waals surface area contributed by atoms with E-state index in [9.17, 15) is 27.6 Å². The van der Waals surface area contributed by atoms with Crippen molar-refractivity contribution < 1.29 is 36.9 Å². The van der Waals surface area contributed by atoms with E-state index in [1.54, 1.807) is 24.3 Å². The number of fused-ring (bicyclic) bond motifs is 3. The van der Waals surface area contributed by atoms with Crippen LogP contribution >= 0.6 is 0 Å². The van der Waals surface area contributed by atoms with E-state index < -0.39 is 42.2 Å². The van der Waals surface area contributed by atoms with Crippen LogP contribution in [0, 0.1) is 0 Å². The van der Waals surface area contributed by atoms with Gasteiger partial charge in [-0.2, -0.15) is 27.4 Å². The average molecular weight is 460 g/mol. The van der Waals surface area contributed by atoms with Crippen molar-refractivity contribution >= 4 is 29.2 Å². The lowest BCUT2D eigenvalue weighted by atomic mass is 10.0. The molecule has 0 aliphatic carbocycles. The van der Waals surface area contributed by atoms with Crippen molar-refractivity contribution in [3.63, 3.8) is 0 Å². The minimum absolute atomic E-state index is 0.0529. The highest BCUT2D eigenvalue weighted by molar-refractivity contribution is 6.22. The van der Waals surface area contributed by atoms with Crippen LogP contribution in [0.2, 0.25) is 0 Å². The van der Waals surface area contributed by atoms with Crippen molar-refractivity contribution in [3.8, 4) is 5.75 Å². The second kappa shape index (κ2) is 8.68. The molecule has 0 aromatic heterocycles. The molecule has 0 saturated carbocycles. The fraction of sp³-hybridized carbons (Fsp3) is 0.304. The zero-order valence-corrected chi connectivity index (χ0v) is 17.7.